The Kier molecular flexibility index (Phi) is 13.8. The molecule has 0 saturated carbocycles. The molecular formula is C32H38BO10S2+. The van der Waals surface area contributed by atoms with Crippen LogP contribution in [0.25, 0.3) is 0 Å². The minimum Gasteiger partial charge on any atom is -0.504 e. The minimum absolute atomic E-state index is 0.164. The highest BCUT2D eigenvalue weighted by molar-refractivity contribution is 7.91. The molecule has 0 fully saturated rings. The highest BCUT2D eigenvalue weighted by Gasteiger charge is 2.13. The first kappa shape index (κ1) is 37.0. The molecular weight excluding hydrogens is 619 g/mol. The highest BCUT2D eigenvalue weighted by Crippen LogP contribution is 2.33. The maximum absolute atomic E-state index is 11.4. The fraction of sp³-hybridized carbons (Fsp3) is 0.219. The molecule has 0 heterocycles. The predicted octanol–water partition coefficient (Wildman–Crippen LogP) is 4.00. The number of rotatable bonds is 9. The third-order valence-electron chi connectivity index (χ3n) is 6.26. The quantitative estimate of drug-likeness (QED) is 0.178. The van der Waals surface area contributed by atoms with Crippen molar-refractivity contribution < 1.29 is 46.2 Å². The molecule has 0 atom stereocenters. The number of hydrogen-bond donors (Lipinski definition) is 3. The summed E-state index contributed by atoms with van der Waals surface area (Å²) >= 11 is 0. The molecule has 0 aliphatic heterocycles. The van der Waals surface area contributed by atoms with Crippen molar-refractivity contribution in [2.75, 3.05) is 26.7 Å². The van der Waals surface area contributed by atoms with Gasteiger partial charge >= 0.3 is 7.12 Å². The van der Waals surface area contributed by atoms with Crippen LogP contribution in [0.4, 0.5) is 0 Å². The van der Waals surface area contributed by atoms with E-state index in [0.717, 1.165) is 23.8 Å². The van der Waals surface area contributed by atoms with Gasteiger partial charge in [0.1, 0.15) is 12.2 Å². The van der Waals surface area contributed by atoms with Crippen molar-refractivity contribution in [3.05, 3.63) is 103 Å². The van der Waals surface area contributed by atoms with Crippen LogP contribution in [0.3, 0.4) is 0 Å². The summed E-state index contributed by atoms with van der Waals surface area (Å²) in [5, 5.41) is 26.6. The number of sulfone groups is 2. The lowest BCUT2D eigenvalue weighted by Crippen LogP contribution is -2.29. The van der Waals surface area contributed by atoms with Crippen LogP contribution in [-0.2, 0) is 32.5 Å². The topological polar surface area (TPSA) is 157 Å². The molecule has 240 valence electrons. The van der Waals surface area contributed by atoms with Crippen molar-refractivity contribution >= 4 is 32.3 Å². The molecule has 0 unspecified atom stereocenters. The monoisotopic (exact) mass is 657 g/mol. The van der Waals surface area contributed by atoms with Crippen molar-refractivity contribution in [2.24, 2.45) is 0 Å². The molecule has 4 aromatic carbocycles. The van der Waals surface area contributed by atoms with Crippen LogP contribution in [-0.4, -0.2) is 65.8 Å². The van der Waals surface area contributed by atoms with Gasteiger partial charge in [-0.25, -0.2) is 16.8 Å². The Labute approximate surface area is 265 Å². The number of phenolic OH excluding ortho intramolecular Hbond substituents is 1. The summed E-state index contributed by atoms with van der Waals surface area (Å²) in [6, 6.07) is 22.7. The van der Waals surface area contributed by atoms with Crippen LogP contribution in [0.15, 0.2) is 94.7 Å². The predicted molar refractivity (Wildman–Crippen MR) is 175 cm³/mol. The summed E-state index contributed by atoms with van der Waals surface area (Å²) in [6.45, 7) is 5.79. The molecule has 0 amide bonds. The second kappa shape index (κ2) is 16.8. The maximum Gasteiger partial charge on any atom is 0.488 e. The largest absolute Gasteiger partial charge is 0.504 e. The van der Waals surface area contributed by atoms with Gasteiger partial charge in [-0.2, -0.15) is 0 Å². The van der Waals surface area contributed by atoms with E-state index in [1.807, 2.05) is 24.3 Å². The molecule has 10 nitrogen and oxygen atoms in total. The number of hydrogen-bond acceptors (Lipinski definition) is 10. The summed E-state index contributed by atoms with van der Waals surface area (Å²) in [5.41, 5.74) is 2.48. The normalized spacial score (nSPS) is 10.8. The summed E-state index contributed by atoms with van der Waals surface area (Å²) < 4.78 is 60.8. The van der Waals surface area contributed by atoms with Gasteiger partial charge in [-0.3, -0.25) is 0 Å². The third kappa shape index (κ3) is 11.7. The van der Waals surface area contributed by atoms with E-state index >= 15 is 0 Å². The second-order valence-electron chi connectivity index (χ2n) is 9.66. The molecule has 0 aliphatic rings. The molecule has 0 saturated heterocycles. The molecule has 4 rings (SSSR count). The number of ether oxygens (including phenoxy) is 3. The van der Waals surface area contributed by atoms with Crippen LogP contribution in [0.2, 0.25) is 0 Å². The molecule has 45 heavy (non-hydrogen) atoms. The number of aryl methyl sites for hydroxylation is 1. The Morgan fingerprint density at radius 1 is 0.689 bits per heavy atom. The summed E-state index contributed by atoms with van der Waals surface area (Å²) in [6.07, 6.45) is 3.89. The number of aromatic hydroxyl groups is 1. The minimum atomic E-state index is -3.21. The van der Waals surface area contributed by atoms with Gasteiger partial charge in [0.05, 0.1) is 30.9 Å². The van der Waals surface area contributed by atoms with Gasteiger partial charge in [0.25, 0.3) is 0 Å². The lowest BCUT2D eigenvalue weighted by molar-refractivity contribution is 0.373. The average Bonchev–Trinajstić information content (AvgIpc) is 3.01. The number of benzene rings is 4. The molecule has 0 radical (unpaired) electrons. The Balaban J connectivity index is 0.000000252. The van der Waals surface area contributed by atoms with Crippen molar-refractivity contribution in [2.45, 2.75) is 29.6 Å². The van der Waals surface area contributed by atoms with Crippen molar-refractivity contribution in [1.82, 2.24) is 0 Å². The van der Waals surface area contributed by atoms with E-state index in [1.54, 1.807) is 31.4 Å². The van der Waals surface area contributed by atoms with Gasteiger partial charge in [0.15, 0.2) is 42.7 Å². The summed E-state index contributed by atoms with van der Waals surface area (Å²) in [7, 11) is -4.84. The van der Waals surface area contributed by atoms with E-state index < -0.39 is 26.8 Å². The van der Waals surface area contributed by atoms with Gasteiger partial charge in [0.2, 0.25) is 0 Å². The fourth-order valence-corrected chi connectivity index (χ4v) is 4.92. The fourth-order valence-electron chi connectivity index (χ4n) is 3.66. The van der Waals surface area contributed by atoms with Crippen LogP contribution < -0.4 is 19.7 Å². The van der Waals surface area contributed by atoms with Crippen LogP contribution >= 0.6 is 0 Å². The first-order chi connectivity index (χ1) is 21.1. The van der Waals surface area contributed by atoms with Crippen LogP contribution in [0, 0.1) is 6.92 Å². The van der Waals surface area contributed by atoms with E-state index in [1.165, 1.54) is 49.8 Å². The molecule has 13 heteroatoms. The SMILES string of the molecule is CCc1ccc(Oc2ccc(S(C)(=O)=O)cc2)c(OC)c1.CS(=O)(=O)c1ccc(B(O)O)cc1.[CH2+]Cc1ccc(O)c(OC)c1. The first-order valence-corrected chi connectivity index (χ1v) is 17.4. The maximum atomic E-state index is 11.4. The lowest BCUT2D eigenvalue weighted by atomic mass is 9.81. The summed E-state index contributed by atoms with van der Waals surface area (Å²) in [5.74, 6) is 2.49. The average molecular weight is 658 g/mol. The van der Waals surface area contributed by atoms with Crippen LogP contribution in [0.1, 0.15) is 18.1 Å². The van der Waals surface area contributed by atoms with Crippen molar-refractivity contribution in [3.63, 3.8) is 0 Å². The Hall–Kier alpha value is -4.17. The van der Waals surface area contributed by atoms with Crippen molar-refractivity contribution in [1.29, 1.82) is 0 Å². The van der Waals surface area contributed by atoms with Gasteiger partial charge in [-0.15, -0.1) is 0 Å². The van der Waals surface area contributed by atoms with E-state index in [-0.39, 0.29) is 21.0 Å². The Bertz CT molecular complexity index is 1740. The zero-order valence-corrected chi connectivity index (χ0v) is 27.4. The Morgan fingerprint density at radius 3 is 1.62 bits per heavy atom. The zero-order valence-electron chi connectivity index (χ0n) is 25.8. The number of phenols is 1. The van der Waals surface area contributed by atoms with E-state index in [4.69, 9.17) is 24.3 Å². The lowest BCUT2D eigenvalue weighted by Gasteiger charge is -2.11. The molecule has 3 N–H and O–H groups in total. The number of methoxy groups -OCH3 is 2. The molecule has 0 spiro atoms. The smallest absolute Gasteiger partial charge is 0.488 e. The zero-order chi connectivity index (χ0) is 33.8. The molecule has 0 bridgehead atoms. The Morgan fingerprint density at radius 2 is 1.18 bits per heavy atom. The third-order valence-corrected chi connectivity index (χ3v) is 8.51. The molecule has 4 aromatic rings. The molecule has 0 aliphatic carbocycles. The first-order valence-electron chi connectivity index (χ1n) is 13.6. The van der Waals surface area contributed by atoms with Crippen LogP contribution in [0.5, 0.6) is 28.7 Å². The van der Waals surface area contributed by atoms with Gasteiger partial charge < -0.3 is 29.4 Å². The molecule has 0 aromatic heterocycles. The van der Waals surface area contributed by atoms with E-state index in [2.05, 4.69) is 13.8 Å². The van der Waals surface area contributed by atoms with Crippen molar-refractivity contribution in [3.8, 4) is 28.7 Å². The van der Waals surface area contributed by atoms with Gasteiger partial charge in [-0.1, -0.05) is 31.2 Å². The van der Waals surface area contributed by atoms with E-state index in [0.29, 0.717) is 29.4 Å². The van der Waals surface area contributed by atoms with Gasteiger partial charge in [-0.05, 0) is 83.7 Å². The standard InChI is InChI=1S/C16H18O4S.C9H10O2.C7H9BO4S/c1-4-12-5-10-15(16(11-12)19-2)20-13-6-8-14(9-7-13)21(3,17)18;1-3-7-4-5-8(10)9(6-7)11-2;1-13(11,12)7-4-2-6(3-5-7)8(9)10/h5-11H,4H2,1-3H3;4-6H,1,3H2,2H3;2-5,9-10H,1H3/p+1. The van der Waals surface area contributed by atoms with Gasteiger partial charge in [0, 0.05) is 12.5 Å². The highest BCUT2D eigenvalue weighted by atomic mass is 32.2. The van der Waals surface area contributed by atoms with E-state index in [9.17, 15) is 21.9 Å². The second-order valence-corrected chi connectivity index (χ2v) is 13.7. The summed E-state index contributed by atoms with van der Waals surface area (Å²) in [4.78, 5) is 0.431.